The van der Waals surface area contributed by atoms with E-state index in [2.05, 4.69) is 0 Å². The fraction of sp³-hybridized carbons (Fsp3) is 0. The summed E-state index contributed by atoms with van der Waals surface area (Å²) in [7, 11) is 9.65. The molecule has 0 unspecified atom stereocenters. The molecule has 0 aromatic heterocycles. The Hall–Kier alpha value is 1.06. The van der Waals surface area contributed by atoms with E-state index in [9.17, 15) is 0 Å². The van der Waals surface area contributed by atoms with Crippen molar-refractivity contribution in [1.82, 2.24) is 0 Å². The van der Waals surface area contributed by atoms with Crippen molar-refractivity contribution in [3.8, 4) is 0 Å². The number of hydrogen-bond donors (Lipinski definition) is 0. The second-order valence-electron chi connectivity index (χ2n) is 0.0583. The number of halogens is 2. The number of rotatable bonds is 0. The summed E-state index contributed by atoms with van der Waals surface area (Å²) in [6.45, 7) is 0. The third-order valence-electron chi connectivity index (χ3n) is 0. The first-order chi connectivity index (χ1) is 1.41. The predicted molar refractivity (Wildman–Crippen MR) is 21.1 cm³/mol. The van der Waals surface area contributed by atoms with E-state index in [1.54, 1.807) is 0 Å². The monoisotopic (exact) mass is 168 g/mol. The molecule has 4 heteroatoms. The third-order valence-corrected chi connectivity index (χ3v) is 0. The van der Waals surface area contributed by atoms with Gasteiger partial charge < -0.3 is 5.48 Å². The zero-order chi connectivity index (χ0) is 2.71. The zero-order valence-corrected chi connectivity index (χ0v) is 4.89. The minimum atomic E-state index is -0.181. The van der Waals surface area contributed by atoms with E-state index < -0.39 is 0 Å². The summed E-state index contributed by atoms with van der Waals surface area (Å²) in [6.07, 6.45) is 0. The molecule has 4 heavy (non-hydrogen) atoms. The molecule has 0 rings (SSSR count). The van der Waals surface area contributed by atoms with Crippen LogP contribution in [0.3, 0.4) is 0 Å². The maximum atomic E-state index is 4.83. The fourth-order valence-electron chi connectivity index (χ4n) is 0. The Bertz CT molecular complexity index is 6.00. The minimum Gasteiger partial charge on any atom is -0.412 e. The van der Waals surface area contributed by atoms with Crippen LogP contribution in [0.15, 0.2) is 0 Å². The van der Waals surface area contributed by atoms with Gasteiger partial charge in [-0.3, -0.25) is 0 Å². The summed E-state index contributed by atoms with van der Waals surface area (Å²) < 4.78 is 0. The summed E-state index contributed by atoms with van der Waals surface area (Å²) >= 11 is -0.181. The van der Waals surface area contributed by atoms with Crippen LogP contribution in [0.4, 0.5) is 0 Å². The Morgan fingerprint density at radius 3 is 1.25 bits per heavy atom. The Kier molecular flexibility index (Phi) is 19.9. The van der Waals surface area contributed by atoms with Gasteiger partial charge in [-0.1, -0.05) is 0 Å². The van der Waals surface area contributed by atoms with E-state index in [4.69, 9.17) is 20.2 Å². The maximum Gasteiger partial charge on any atom is -0.412 e. The van der Waals surface area contributed by atoms with Gasteiger partial charge in [0.15, 0.2) is 0 Å². The molecule has 0 atom stereocenters. The van der Waals surface area contributed by atoms with Gasteiger partial charge in [0.25, 0.3) is 0 Å². The normalized spacial score (nSPS) is 4.50. The van der Waals surface area contributed by atoms with Crippen molar-refractivity contribution >= 4 is 33.3 Å². The topological polar surface area (TPSA) is 31.5 Å². The first-order valence-corrected chi connectivity index (χ1v) is 4.81. The molecule has 0 radical (unpaired) electrons. The van der Waals surface area contributed by atoms with E-state index in [-0.39, 0.29) is 18.6 Å². The maximum absolute atomic E-state index is 4.83. The van der Waals surface area contributed by atoms with E-state index in [1.807, 2.05) is 0 Å². The van der Waals surface area contributed by atoms with Crippen molar-refractivity contribution in [3.05, 3.63) is 0 Å². The van der Waals surface area contributed by atoms with Crippen LogP contribution in [0.2, 0.25) is 0 Å². The molecule has 0 fully saturated rings. The Morgan fingerprint density at radius 2 is 1.25 bits per heavy atom. The van der Waals surface area contributed by atoms with Crippen molar-refractivity contribution in [3.63, 3.8) is 0 Å². The van der Waals surface area contributed by atoms with Crippen LogP contribution >= 0.6 is 20.2 Å². The van der Waals surface area contributed by atoms with Crippen LogP contribution in [0, 0.1) is 0 Å². The summed E-state index contributed by atoms with van der Waals surface area (Å²) in [5.74, 6) is 0. The smallest absolute Gasteiger partial charge is 0.412 e. The predicted octanol–water partition coefficient (Wildman–Crippen LogP) is 0.173. The molecule has 2 N–H and O–H groups in total. The second kappa shape index (κ2) is 8.96. The zero-order valence-electron chi connectivity index (χ0n) is 1.66. The Labute approximate surface area is 39.2 Å². The molecule has 1 nitrogen and oxygen atoms in total. The van der Waals surface area contributed by atoms with Gasteiger partial charge in [0.1, 0.15) is 0 Å². The molecule has 0 saturated heterocycles. The molecule has 0 aliphatic rings. The van der Waals surface area contributed by atoms with E-state index in [0.717, 1.165) is 0 Å². The molecule has 0 bridgehead atoms. The molecule has 0 aliphatic carbocycles. The van der Waals surface area contributed by atoms with Crippen LogP contribution in [-0.4, -0.2) is 18.6 Å². The Balaban J connectivity index is 0. The van der Waals surface area contributed by atoms with Crippen molar-refractivity contribution in [1.29, 1.82) is 0 Å². The van der Waals surface area contributed by atoms with Gasteiger partial charge in [-0.15, -0.1) is 0 Å². The minimum absolute atomic E-state index is 0. The molecular weight excluding hydrogens is 166 g/mol. The molecule has 0 amide bonds. The van der Waals surface area contributed by atoms with Gasteiger partial charge in [-0.05, 0) is 0 Å². The van der Waals surface area contributed by atoms with Crippen molar-refractivity contribution < 1.29 is 5.48 Å². The molecule has 0 aromatic carbocycles. The first kappa shape index (κ1) is 8.91. The average molecular weight is 168 g/mol. The summed E-state index contributed by atoms with van der Waals surface area (Å²) in [5, 5.41) is 0. The van der Waals surface area contributed by atoms with Crippen LogP contribution in [0.25, 0.3) is 0 Å². The third kappa shape index (κ3) is 11.6. The van der Waals surface area contributed by atoms with Gasteiger partial charge in [-0.25, -0.2) is 0 Å². The van der Waals surface area contributed by atoms with Crippen LogP contribution in [0.5, 0.6) is 0 Å². The molecular formula is H2Cl2OSe. The van der Waals surface area contributed by atoms with Crippen molar-refractivity contribution in [2.45, 2.75) is 0 Å². The van der Waals surface area contributed by atoms with E-state index in [1.165, 1.54) is 0 Å². The molecule has 0 heterocycles. The van der Waals surface area contributed by atoms with Crippen LogP contribution in [0.1, 0.15) is 0 Å². The molecule has 28 valence electrons. The Morgan fingerprint density at radius 1 is 1.25 bits per heavy atom. The molecule has 0 spiro atoms. The van der Waals surface area contributed by atoms with Crippen LogP contribution in [-0.2, 0) is 0 Å². The first-order valence-electron chi connectivity index (χ1n) is 0.309. The van der Waals surface area contributed by atoms with Gasteiger partial charge in [0.2, 0.25) is 0 Å². The largest absolute Gasteiger partial charge is 0.412 e. The SMILES string of the molecule is Cl[Se]Cl.O. The van der Waals surface area contributed by atoms with Gasteiger partial charge in [0, 0.05) is 0 Å². The van der Waals surface area contributed by atoms with E-state index in [0.29, 0.717) is 0 Å². The molecule has 0 aromatic rings. The summed E-state index contributed by atoms with van der Waals surface area (Å²) in [4.78, 5) is 0. The van der Waals surface area contributed by atoms with E-state index >= 15 is 0 Å². The quantitative estimate of drug-likeness (QED) is 0.461. The van der Waals surface area contributed by atoms with Crippen LogP contribution < -0.4 is 0 Å². The van der Waals surface area contributed by atoms with Gasteiger partial charge in [0.05, 0.1) is 0 Å². The number of hydrogen-bond acceptors (Lipinski definition) is 0. The molecule has 0 aliphatic heterocycles. The fourth-order valence-corrected chi connectivity index (χ4v) is 0. The average Bonchev–Trinajstić information content (AvgIpc) is 0.918. The summed E-state index contributed by atoms with van der Waals surface area (Å²) in [6, 6.07) is 0. The standard InChI is InChI=1S/Cl2Se.H2O/c1-3-2;/h;1H2. The molecule has 0 saturated carbocycles. The van der Waals surface area contributed by atoms with Crippen molar-refractivity contribution in [2.75, 3.05) is 0 Å². The summed E-state index contributed by atoms with van der Waals surface area (Å²) in [5.41, 5.74) is 0. The second-order valence-corrected chi connectivity index (χ2v) is 2.73. The van der Waals surface area contributed by atoms with Gasteiger partial charge in [-0.2, -0.15) is 0 Å². The van der Waals surface area contributed by atoms with Crippen molar-refractivity contribution in [2.24, 2.45) is 0 Å². The van der Waals surface area contributed by atoms with Gasteiger partial charge >= 0.3 is 33.3 Å².